The molecule has 0 bridgehead atoms. The van der Waals surface area contributed by atoms with Crippen LogP contribution in [0, 0.1) is 5.82 Å². The second-order valence-electron chi connectivity index (χ2n) is 9.73. The molecule has 0 aromatic heterocycles. The summed E-state index contributed by atoms with van der Waals surface area (Å²) in [4.78, 5) is 30.3. The number of hydrogen-bond acceptors (Lipinski definition) is 8. The van der Waals surface area contributed by atoms with Gasteiger partial charge in [0.2, 0.25) is 0 Å². The molecular formula is C29H35FN2O7. The first kappa shape index (κ1) is 28.4. The maximum Gasteiger partial charge on any atom is 0.295 e. The number of ketones is 1. The van der Waals surface area contributed by atoms with E-state index in [1.807, 2.05) is 0 Å². The van der Waals surface area contributed by atoms with E-state index >= 15 is 0 Å². The largest absolute Gasteiger partial charge is 0.507 e. The minimum absolute atomic E-state index is 0.0292. The minimum Gasteiger partial charge on any atom is -0.507 e. The van der Waals surface area contributed by atoms with Gasteiger partial charge in [-0.05, 0) is 56.2 Å². The zero-order valence-corrected chi connectivity index (χ0v) is 22.7. The van der Waals surface area contributed by atoms with Crippen LogP contribution in [0.2, 0.25) is 0 Å². The molecule has 0 unspecified atom stereocenters. The topological polar surface area (TPSA) is 97.8 Å². The third kappa shape index (κ3) is 6.17. The molecule has 39 heavy (non-hydrogen) atoms. The number of amides is 1. The van der Waals surface area contributed by atoms with Crippen LogP contribution in [0.5, 0.6) is 17.2 Å². The molecule has 10 heteroatoms. The molecule has 2 aliphatic heterocycles. The summed E-state index contributed by atoms with van der Waals surface area (Å²) in [5.41, 5.74) is 0.510. The van der Waals surface area contributed by atoms with Gasteiger partial charge in [-0.15, -0.1) is 0 Å². The predicted molar refractivity (Wildman–Crippen MR) is 143 cm³/mol. The normalized spacial score (nSPS) is 19.5. The number of rotatable bonds is 10. The van der Waals surface area contributed by atoms with Crippen LogP contribution in [-0.4, -0.2) is 86.3 Å². The van der Waals surface area contributed by atoms with E-state index in [4.69, 9.17) is 18.9 Å². The van der Waals surface area contributed by atoms with E-state index in [2.05, 4.69) is 4.90 Å². The Morgan fingerprint density at radius 3 is 2.36 bits per heavy atom. The molecule has 2 aromatic rings. The van der Waals surface area contributed by atoms with Crippen LogP contribution < -0.4 is 14.2 Å². The fourth-order valence-corrected chi connectivity index (χ4v) is 4.92. The Balaban J connectivity index is 1.73. The van der Waals surface area contributed by atoms with E-state index < -0.39 is 29.3 Å². The first-order chi connectivity index (χ1) is 18.7. The summed E-state index contributed by atoms with van der Waals surface area (Å²) in [6.07, 6.45) is 0.374. The Bertz CT molecular complexity index is 1240. The number of nitrogens with zero attached hydrogens (tertiary/aromatic N) is 2. The van der Waals surface area contributed by atoms with Crippen molar-refractivity contribution in [1.82, 2.24) is 9.80 Å². The third-order valence-corrected chi connectivity index (χ3v) is 6.81. The molecular weight excluding hydrogens is 507 g/mol. The zero-order chi connectivity index (χ0) is 28.1. The van der Waals surface area contributed by atoms with E-state index in [1.165, 1.54) is 31.3 Å². The minimum atomic E-state index is -0.899. The van der Waals surface area contributed by atoms with Crippen LogP contribution in [0.15, 0.2) is 42.0 Å². The van der Waals surface area contributed by atoms with Crippen LogP contribution in [0.1, 0.15) is 37.4 Å². The lowest BCUT2D eigenvalue weighted by Gasteiger charge is -2.29. The van der Waals surface area contributed by atoms with Crippen LogP contribution in [0.25, 0.3) is 5.76 Å². The fraction of sp³-hybridized carbons (Fsp3) is 0.448. The number of halogens is 1. The highest BCUT2D eigenvalue weighted by atomic mass is 19.1. The molecule has 0 saturated carbocycles. The maximum atomic E-state index is 14.8. The smallest absolute Gasteiger partial charge is 0.295 e. The highest BCUT2D eigenvalue weighted by molar-refractivity contribution is 6.46. The summed E-state index contributed by atoms with van der Waals surface area (Å²) in [5.74, 6) is -1.78. The van der Waals surface area contributed by atoms with Crippen molar-refractivity contribution in [2.75, 3.05) is 53.6 Å². The number of aliphatic hydroxyl groups excluding tert-OH is 1. The van der Waals surface area contributed by atoms with Crippen LogP contribution in [0.4, 0.5) is 4.39 Å². The van der Waals surface area contributed by atoms with Gasteiger partial charge >= 0.3 is 0 Å². The lowest BCUT2D eigenvalue weighted by molar-refractivity contribution is -0.140. The number of ether oxygens (including phenoxy) is 4. The molecule has 2 saturated heterocycles. The van der Waals surface area contributed by atoms with E-state index in [-0.39, 0.29) is 29.5 Å². The van der Waals surface area contributed by atoms with E-state index in [0.29, 0.717) is 36.7 Å². The highest BCUT2D eigenvalue weighted by Crippen LogP contribution is 2.42. The average molecular weight is 543 g/mol. The van der Waals surface area contributed by atoms with Gasteiger partial charge in [0.25, 0.3) is 11.7 Å². The number of carbonyl (C=O) groups excluding carboxylic acids is 2. The van der Waals surface area contributed by atoms with Crippen molar-refractivity contribution in [2.45, 2.75) is 32.4 Å². The number of carbonyl (C=O) groups is 2. The fourth-order valence-electron chi connectivity index (χ4n) is 4.92. The maximum absolute atomic E-state index is 14.8. The van der Waals surface area contributed by atoms with Crippen LogP contribution >= 0.6 is 0 Å². The second-order valence-corrected chi connectivity index (χ2v) is 9.73. The van der Waals surface area contributed by atoms with Gasteiger partial charge in [-0.25, -0.2) is 4.39 Å². The number of aliphatic hydroxyl groups is 1. The van der Waals surface area contributed by atoms with Crippen molar-refractivity contribution in [2.24, 2.45) is 0 Å². The van der Waals surface area contributed by atoms with Gasteiger partial charge in [0.05, 0.1) is 45.2 Å². The van der Waals surface area contributed by atoms with Gasteiger partial charge in [-0.2, -0.15) is 0 Å². The molecule has 1 amide bonds. The van der Waals surface area contributed by atoms with Gasteiger partial charge in [0.1, 0.15) is 5.76 Å². The summed E-state index contributed by atoms with van der Waals surface area (Å²) in [6, 6.07) is 8.15. The Hall–Kier alpha value is -3.63. The van der Waals surface area contributed by atoms with Crippen LogP contribution in [0.3, 0.4) is 0 Å². The quantitative estimate of drug-likeness (QED) is 0.275. The Kier molecular flexibility index (Phi) is 9.08. The van der Waals surface area contributed by atoms with Crippen molar-refractivity contribution >= 4 is 17.4 Å². The summed E-state index contributed by atoms with van der Waals surface area (Å²) in [6.45, 7) is 7.50. The molecule has 2 aromatic carbocycles. The van der Waals surface area contributed by atoms with E-state index in [0.717, 1.165) is 25.7 Å². The van der Waals surface area contributed by atoms with E-state index in [9.17, 15) is 19.1 Å². The first-order valence-electron chi connectivity index (χ1n) is 13.0. The first-order valence-corrected chi connectivity index (χ1v) is 13.0. The summed E-state index contributed by atoms with van der Waals surface area (Å²) in [5, 5.41) is 11.3. The van der Waals surface area contributed by atoms with Crippen LogP contribution in [-0.2, 0) is 14.3 Å². The molecule has 0 spiro atoms. The molecule has 9 nitrogen and oxygen atoms in total. The number of benzene rings is 2. The molecule has 210 valence electrons. The molecule has 2 heterocycles. The predicted octanol–water partition coefficient (Wildman–Crippen LogP) is 3.77. The van der Waals surface area contributed by atoms with Crippen molar-refractivity contribution in [1.29, 1.82) is 0 Å². The number of methoxy groups -OCH3 is 2. The molecule has 0 radical (unpaired) electrons. The van der Waals surface area contributed by atoms with Gasteiger partial charge < -0.3 is 29.0 Å². The second kappa shape index (κ2) is 12.5. The van der Waals surface area contributed by atoms with Crippen molar-refractivity contribution in [3.05, 3.63) is 58.9 Å². The molecule has 1 atom stereocenters. The molecule has 2 fully saturated rings. The van der Waals surface area contributed by atoms with Crippen molar-refractivity contribution in [3.8, 4) is 17.2 Å². The molecule has 2 aliphatic rings. The third-order valence-electron chi connectivity index (χ3n) is 6.81. The average Bonchev–Trinajstić information content (AvgIpc) is 3.18. The Morgan fingerprint density at radius 1 is 1.03 bits per heavy atom. The monoisotopic (exact) mass is 542 g/mol. The standard InChI is InChI=1S/C29H35FN2O7/c1-18(2)39-22-8-7-20(16-21(22)30)27(33)25-26(19-6-9-23(36-3)24(17-19)37-4)32(29(35)28(25)34)11-5-10-31-12-14-38-15-13-31/h6-9,16-18,26,33H,5,10-15H2,1-4H3/t26-/m0/s1. The Morgan fingerprint density at radius 2 is 1.72 bits per heavy atom. The van der Waals surface area contributed by atoms with Crippen molar-refractivity contribution in [3.63, 3.8) is 0 Å². The van der Waals surface area contributed by atoms with Gasteiger partial charge in [-0.3, -0.25) is 14.5 Å². The lowest BCUT2D eigenvalue weighted by Crippen LogP contribution is -2.39. The summed E-state index contributed by atoms with van der Waals surface area (Å²) >= 11 is 0. The summed E-state index contributed by atoms with van der Waals surface area (Å²) in [7, 11) is 3.00. The van der Waals surface area contributed by atoms with Gasteiger partial charge in [0, 0.05) is 31.7 Å². The van der Waals surface area contributed by atoms with Crippen molar-refractivity contribution < 1.29 is 38.0 Å². The molecule has 4 rings (SSSR count). The number of Topliss-reactive ketones (excluding diaryl/α,β-unsaturated/α-hetero) is 1. The Labute approximate surface area is 227 Å². The van der Waals surface area contributed by atoms with Gasteiger partial charge in [-0.1, -0.05) is 6.07 Å². The molecule has 0 aliphatic carbocycles. The summed E-state index contributed by atoms with van der Waals surface area (Å²) < 4.78 is 36.4. The number of hydrogen-bond donors (Lipinski definition) is 1. The number of likely N-dealkylation sites (tertiary alicyclic amines) is 1. The molecule has 1 N–H and O–H groups in total. The highest BCUT2D eigenvalue weighted by Gasteiger charge is 2.46. The zero-order valence-electron chi connectivity index (χ0n) is 22.7. The lowest BCUT2D eigenvalue weighted by atomic mass is 9.94. The number of morpholine rings is 1. The SMILES string of the molecule is COc1ccc([C@H]2C(=C(O)c3ccc(OC(C)C)c(F)c3)C(=O)C(=O)N2CCCN2CCOCC2)cc1OC. The van der Waals surface area contributed by atoms with E-state index in [1.54, 1.807) is 32.0 Å². The van der Waals surface area contributed by atoms with Gasteiger partial charge in [0.15, 0.2) is 23.1 Å².